The molecule has 0 amide bonds. The number of hydrogen-bond acceptors (Lipinski definition) is 24. The summed E-state index contributed by atoms with van der Waals surface area (Å²) in [5, 5.41) is 28.0. The lowest BCUT2D eigenvalue weighted by Crippen LogP contribution is -2.09. The van der Waals surface area contributed by atoms with E-state index in [9.17, 15) is 33.4 Å². The summed E-state index contributed by atoms with van der Waals surface area (Å²) in [6, 6.07) is 26.2. The number of aromatic nitrogens is 5. The first kappa shape index (κ1) is 79.1. The predicted octanol–water partition coefficient (Wildman–Crippen LogP) is 9.62. The number of methoxy groups -OCH3 is 6. The molecule has 0 saturated carbocycles. The number of H-pyrrole nitrogens is 1. The minimum absolute atomic E-state index is 0. The molecule has 2 aromatic carbocycles. The number of ketones is 2. The zero-order chi connectivity index (χ0) is 66.3. The minimum Gasteiger partial charge on any atom is -0.503 e. The van der Waals surface area contributed by atoms with Gasteiger partial charge in [-0.25, -0.2) is 13.8 Å². The van der Waals surface area contributed by atoms with Crippen molar-refractivity contribution in [2.45, 2.75) is 54.4 Å². The zero-order valence-electron chi connectivity index (χ0n) is 48.9. The van der Waals surface area contributed by atoms with E-state index in [0.717, 1.165) is 40.8 Å². The van der Waals surface area contributed by atoms with E-state index in [-0.39, 0.29) is 85.1 Å². The Morgan fingerprint density at radius 2 is 0.923 bits per heavy atom. The van der Waals surface area contributed by atoms with Gasteiger partial charge in [-0.05, 0) is 72.5 Å². The number of halogens is 2. The second-order valence-electron chi connectivity index (χ2n) is 16.6. The summed E-state index contributed by atoms with van der Waals surface area (Å²) in [5.41, 5.74) is 2.55. The highest BCUT2D eigenvalue weighted by atomic mass is 19.1. The highest BCUT2D eigenvalue weighted by Crippen LogP contribution is 2.32. The summed E-state index contributed by atoms with van der Waals surface area (Å²) in [5.74, 6) is 2.27. The van der Waals surface area contributed by atoms with Crippen molar-refractivity contribution in [2.24, 2.45) is 0 Å². The van der Waals surface area contributed by atoms with Gasteiger partial charge >= 0.3 is 18.5 Å². The molecule has 0 saturated heterocycles. The average Bonchev–Trinajstić information content (AvgIpc) is 2.56. The quantitative estimate of drug-likeness (QED) is 0.0654. The van der Waals surface area contributed by atoms with Gasteiger partial charge in [-0.3, -0.25) is 29.3 Å². The third-order valence-corrected chi connectivity index (χ3v) is 11.2. The fraction of sp³-hybridized carbons (Fsp3) is 0.219. The van der Waals surface area contributed by atoms with Crippen molar-refractivity contribution in [1.29, 1.82) is 0 Å². The maximum Gasteiger partial charge on any atom is 0.373 e. The summed E-state index contributed by atoms with van der Waals surface area (Å²) >= 11 is 0. The normalized spacial score (nSPS) is 9.16. The van der Waals surface area contributed by atoms with Gasteiger partial charge in [0, 0.05) is 74.2 Å². The number of aromatic amines is 1. The standard InChI is InChI=1S/C19H16FNO4.C17H12FNO4.C9H13NO2.C8H11NO2.C6H7NO2.3CO2.2CH4/c1-23-16-9-10-21-17(19(16)24-2)18(22)15-8-7-14(25-15)11-12-3-5-13(20)6-4-12;18-11-3-1-10(2-4-11)9-12-5-6-14(23-12)17(22)15-16(21)13(20)7-8-19-15;1-4-7-9(12-3)8(11-2)5-6-10-7;1-3-6-8(10)7(11-2)4-5-9-6;1-9-6-2-3-7-4-5(6)8;3*2-1-3;;/h3-10H,11H2,1-2H3;1-8,21H,9H2,(H,19,20);5-6H,4H2,1-3H3;4-5,10H,3H2,1-2H3;2-4,8H,1H3;;;;2*1H4. The first-order valence-electron chi connectivity index (χ1n) is 25.5. The van der Waals surface area contributed by atoms with Crippen LogP contribution in [-0.2, 0) is 54.5 Å². The van der Waals surface area contributed by atoms with E-state index in [0.29, 0.717) is 53.7 Å². The molecule has 4 N–H and O–H groups in total. The van der Waals surface area contributed by atoms with E-state index in [1.54, 1.807) is 99.5 Å². The van der Waals surface area contributed by atoms with Crippen LogP contribution in [0.4, 0.5) is 8.78 Å². The summed E-state index contributed by atoms with van der Waals surface area (Å²) in [6.07, 6.45) is 12.1. The molecule has 482 valence electrons. The second kappa shape index (κ2) is 43.7. The molecule has 0 aliphatic carbocycles. The van der Waals surface area contributed by atoms with Crippen LogP contribution in [0.15, 0.2) is 154 Å². The molecule has 0 unspecified atom stereocenters. The number of carbonyl (C=O) groups is 2. The van der Waals surface area contributed by atoms with E-state index in [1.165, 1.54) is 77.4 Å². The Labute approximate surface area is 520 Å². The van der Waals surface area contributed by atoms with Gasteiger partial charge in [0.25, 0.3) is 0 Å². The first-order chi connectivity index (χ1) is 42.9. The van der Waals surface area contributed by atoms with Crippen molar-refractivity contribution >= 4 is 30.0 Å². The van der Waals surface area contributed by atoms with Crippen LogP contribution in [0.2, 0.25) is 0 Å². The predicted molar refractivity (Wildman–Crippen MR) is 318 cm³/mol. The summed E-state index contributed by atoms with van der Waals surface area (Å²) < 4.78 is 67.3. The Hall–Kier alpha value is -11.9. The van der Waals surface area contributed by atoms with Gasteiger partial charge < -0.3 is 57.6 Å². The molecule has 25 nitrogen and oxygen atoms in total. The average molecular weight is 1260 g/mol. The number of nitrogens with one attached hydrogen (secondary N) is 1. The van der Waals surface area contributed by atoms with Crippen molar-refractivity contribution in [3.05, 3.63) is 219 Å². The Kier molecular flexibility index (Phi) is 38.0. The number of rotatable bonds is 16. The highest BCUT2D eigenvalue weighted by Gasteiger charge is 2.23. The van der Waals surface area contributed by atoms with Crippen LogP contribution >= 0.6 is 0 Å². The smallest absolute Gasteiger partial charge is 0.373 e. The molecule has 9 aromatic rings. The lowest BCUT2D eigenvalue weighted by atomic mass is 10.1. The van der Waals surface area contributed by atoms with Gasteiger partial charge in [0.05, 0.1) is 60.2 Å². The minimum atomic E-state index is -0.648. The molecule has 0 atom stereocenters. The molecule has 0 spiro atoms. The first-order valence-corrected chi connectivity index (χ1v) is 25.5. The fourth-order valence-corrected chi connectivity index (χ4v) is 7.18. The van der Waals surface area contributed by atoms with Gasteiger partial charge in [0.15, 0.2) is 69.0 Å². The van der Waals surface area contributed by atoms with E-state index in [1.807, 2.05) is 13.8 Å². The Balaban J connectivity index is 0.00000112. The van der Waals surface area contributed by atoms with Crippen molar-refractivity contribution in [2.75, 3.05) is 42.7 Å². The van der Waals surface area contributed by atoms with Crippen molar-refractivity contribution in [1.82, 2.24) is 24.9 Å². The summed E-state index contributed by atoms with van der Waals surface area (Å²) in [7, 11) is 9.19. The molecule has 27 heteroatoms. The summed E-state index contributed by atoms with van der Waals surface area (Å²) in [4.78, 5) is 103. The Bertz CT molecular complexity index is 3720. The number of benzene rings is 2. The van der Waals surface area contributed by atoms with Crippen LogP contribution in [0.3, 0.4) is 0 Å². The molecule has 9 rings (SSSR count). The SMILES string of the molecule is C.C.CCc1nccc(OC)c1O.CCc1nccc(OC)c1OC.COc1ccnc(C(=O)c2ccc(Cc3ccc(F)cc3)o2)c1OC.COc1ccncc1O.O=C(c1ccc(Cc2ccc(F)cc2)o1)c1[nH]ccc(=O)c1O.O=C=O.O=C=O.O=C=O. The van der Waals surface area contributed by atoms with Gasteiger partial charge in [0.2, 0.25) is 17.0 Å². The molecular weight excluding hydrogens is 1200 g/mol. The maximum absolute atomic E-state index is 13.0. The third-order valence-electron chi connectivity index (χ3n) is 11.2. The van der Waals surface area contributed by atoms with E-state index < -0.39 is 22.7 Å². The van der Waals surface area contributed by atoms with Crippen molar-refractivity contribution in [3.8, 4) is 51.7 Å². The molecule has 0 radical (unpaired) electrons. The third kappa shape index (κ3) is 25.5. The van der Waals surface area contributed by atoms with Gasteiger partial charge in [0.1, 0.15) is 28.8 Å². The number of furan rings is 2. The zero-order valence-corrected chi connectivity index (χ0v) is 48.9. The van der Waals surface area contributed by atoms with Crippen molar-refractivity contribution in [3.63, 3.8) is 0 Å². The van der Waals surface area contributed by atoms with Gasteiger partial charge in [-0.1, -0.05) is 53.0 Å². The number of nitrogens with zero attached hydrogens (tertiary/aromatic N) is 4. The molecule has 0 bridgehead atoms. The van der Waals surface area contributed by atoms with E-state index in [2.05, 4.69) is 24.9 Å². The Morgan fingerprint density at radius 3 is 1.35 bits per heavy atom. The second-order valence-corrected chi connectivity index (χ2v) is 16.6. The largest absolute Gasteiger partial charge is 0.503 e. The molecule has 7 heterocycles. The number of hydrogen-bond donors (Lipinski definition) is 4. The maximum atomic E-state index is 13.0. The highest BCUT2D eigenvalue weighted by molar-refractivity contribution is 6.08. The van der Waals surface area contributed by atoms with Gasteiger partial charge in [-0.15, -0.1) is 0 Å². The van der Waals surface area contributed by atoms with Crippen LogP contribution in [0.1, 0.15) is 95.2 Å². The number of ether oxygens (including phenoxy) is 6. The summed E-state index contributed by atoms with van der Waals surface area (Å²) in [6.45, 7) is 3.96. The molecule has 91 heavy (non-hydrogen) atoms. The van der Waals surface area contributed by atoms with Crippen LogP contribution in [0.25, 0.3) is 0 Å². The fourth-order valence-electron chi connectivity index (χ4n) is 7.18. The number of pyridine rings is 5. The van der Waals surface area contributed by atoms with Crippen LogP contribution in [0.5, 0.6) is 51.7 Å². The molecular formula is C64H67F2N5O20. The van der Waals surface area contributed by atoms with E-state index in [4.69, 9.17) is 71.1 Å². The topological polar surface area (TPSA) is 363 Å². The molecule has 0 aliphatic rings. The molecule has 0 aliphatic heterocycles. The lowest BCUT2D eigenvalue weighted by molar-refractivity contribution is -0.193. The number of aromatic hydroxyl groups is 3. The van der Waals surface area contributed by atoms with E-state index >= 15 is 0 Å². The van der Waals surface area contributed by atoms with Crippen LogP contribution < -0.4 is 33.8 Å². The van der Waals surface area contributed by atoms with Crippen molar-refractivity contribution < 1.29 is 99.7 Å². The number of carbonyl (C=O) groups excluding carboxylic acids is 8. The van der Waals surface area contributed by atoms with Crippen LogP contribution in [-0.4, -0.2) is 113 Å². The van der Waals surface area contributed by atoms with Crippen LogP contribution in [0, 0.1) is 11.6 Å². The lowest BCUT2D eigenvalue weighted by Gasteiger charge is -2.09. The molecule has 7 aromatic heterocycles. The Morgan fingerprint density at radius 1 is 0.505 bits per heavy atom. The number of aryl methyl sites for hydroxylation is 2. The molecule has 0 fully saturated rings. The monoisotopic (exact) mass is 1260 g/mol. The van der Waals surface area contributed by atoms with Gasteiger partial charge in [-0.2, -0.15) is 28.8 Å².